The highest BCUT2D eigenvalue weighted by atomic mass is 79.9. The monoisotopic (exact) mass is 469 g/mol. The number of hydrogen-bond donors (Lipinski definition) is 1. The number of aliphatic hydroxyl groups excluding tert-OH is 1. The molecule has 1 fully saturated rings. The van der Waals surface area contributed by atoms with Gasteiger partial charge in [0, 0.05) is 24.1 Å². The zero-order valence-corrected chi connectivity index (χ0v) is 18.1. The van der Waals surface area contributed by atoms with Crippen molar-refractivity contribution >= 4 is 34.1 Å². The fourth-order valence-corrected chi connectivity index (χ4v) is 3.43. The van der Waals surface area contributed by atoms with Gasteiger partial charge in [-0.2, -0.15) is 0 Å². The third-order valence-corrected chi connectivity index (χ3v) is 5.09. The lowest BCUT2D eigenvalue weighted by atomic mass is 10.1. The lowest BCUT2D eigenvalue weighted by Gasteiger charge is -2.34. The minimum atomic E-state index is -0.645. The molecule has 2 aromatic carbocycles. The van der Waals surface area contributed by atoms with Crippen molar-refractivity contribution in [2.45, 2.75) is 19.1 Å². The van der Waals surface area contributed by atoms with Crippen molar-refractivity contribution in [1.29, 1.82) is 0 Å². The van der Waals surface area contributed by atoms with E-state index in [1.54, 1.807) is 18.2 Å². The number of ketones is 1. The summed E-state index contributed by atoms with van der Waals surface area (Å²) in [5, 5.41) is 10.4. The molecule has 1 aliphatic rings. The average Bonchev–Trinajstić information content (AvgIpc) is 2.67. The Morgan fingerprint density at radius 2 is 2.00 bits per heavy atom. The first-order chi connectivity index (χ1) is 13.0. The SMILES string of the molecule is CC(=O)c1ccccc1OCC(O)CN1CCOC(c2ccc(Br)cc2)C1.Cl. The Hall–Kier alpha value is -1.44. The Bertz CT molecular complexity index is 771. The summed E-state index contributed by atoms with van der Waals surface area (Å²) in [5.41, 5.74) is 1.66. The molecule has 0 aromatic heterocycles. The average molecular weight is 471 g/mol. The van der Waals surface area contributed by atoms with Crippen LogP contribution in [0, 0.1) is 0 Å². The number of morpholine rings is 1. The first kappa shape index (κ1) is 22.8. The molecule has 1 aliphatic heterocycles. The normalized spacial score (nSPS) is 18.2. The minimum absolute atomic E-state index is 0. The van der Waals surface area contributed by atoms with Crippen molar-refractivity contribution in [3.8, 4) is 5.75 Å². The molecule has 1 saturated heterocycles. The van der Waals surface area contributed by atoms with E-state index in [1.807, 2.05) is 18.2 Å². The van der Waals surface area contributed by atoms with E-state index in [1.165, 1.54) is 6.92 Å². The maximum atomic E-state index is 11.7. The van der Waals surface area contributed by atoms with Crippen molar-refractivity contribution < 1.29 is 19.4 Å². The van der Waals surface area contributed by atoms with Gasteiger partial charge in [0.15, 0.2) is 5.78 Å². The Balaban J connectivity index is 0.00000280. The zero-order chi connectivity index (χ0) is 19.2. The van der Waals surface area contributed by atoms with Crippen LogP contribution in [0.1, 0.15) is 28.9 Å². The molecule has 1 N–H and O–H groups in total. The molecule has 2 unspecified atom stereocenters. The number of benzene rings is 2. The molecule has 2 atom stereocenters. The molecule has 0 spiro atoms. The zero-order valence-electron chi connectivity index (χ0n) is 15.7. The lowest BCUT2D eigenvalue weighted by Crippen LogP contribution is -2.43. The largest absolute Gasteiger partial charge is 0.490 e. The number of para-hydroxylation sites is 1. The summed E-state index contributed by atoms with van der Waals surface area (Å²) in [7, 11) is 0. The highest BCUT2D eigenvalue weighted by molar-refractivity contribution is 9.10. The van der Waals surface area contributed by atoms with E-state index in [0.29, 0.717) is 24.5 Å². The van der Waals surface area contributed by atoms with Crippen LogP contribution in [0.4, 0.5) is 0 Å². The number of Topliss-reactive ketones (excluding diaryl/α,β-unsaturated/α-hetero) is 1. The number of aliphatic hydroxyl groups is 1. The molecule has 1 heterocycles. The first-order valence-electron chi connectivity index (χ1n) is 9.03. The second-order valence-electron chi connectivity index (χ2n) is 6.69. The number of carbonyl (C=O) groups is 1. The van der Waals surface area contributed by atoms with Gasteiger partial charge in [0.1, 0.15) is 18.5 Å². The highest BCUT2D eigenvalue weighted by Gasteiger charge is 2.24. The van der Waals surface area contributed by atoms with Crippen LogP contribution in [-0.4, -0.2) is 54.7 Å². The van der Waals surface area contributed by atoms with Crippen molar-refractivity contribution in [2.75, 3.05) is 32.8 Å². The fourth-order valence-electron chi connectivity index (χ4n) is 3.17. The topological polar surface area (TPSA) is 59.0 Å². The van der Waals surface area contributed by atoms with Crippen LogP contribution in [0.15, 0.2) is 53.0 Å². The van der Waals surface area contributed by atoms with Gasteiger partial charge in [-0.05, 0) is 36.8 Å². The molecular formula is C21H25BrClNO4. The van der Waals surface area contributed by atoms with E-state index in [0.717, 1.165) is 23.1 Å². The Morgan fingerprint density at radius 1 is 1.29 bits per heavy atom. The molecule has 0 amide bonds. The van der Waals surface area contributed by atoms with Crippen LogP contribution >= 0.6 is 28.3 Å². The predicted octanol–water partition coefficient (Wildman–Crippen LogP) is 3.89. The molecule has 0 radical (unpaired) electrons. The van der Waals surface area contributed by atoms with E-state index in [9.17, 15) is 9.90 Å². The summed E-state index contributed by atoms with van der Waals surface area (Å²) < 4.78 is 12.6. The van der Waals surface area contributed by atoms with Gasteiger partial charge >= 0.3 is 0 Å². The van der Waals surface area contributed by atoms with Gasteiger partial charge in [-0.3, -0.25) is 9.69 Å². The van der Waals surface area contributed by atoms with Crippen LogP contribution in [0.25, 0.3) is 0 Å². The summed E-state index contributed by atoms with van der Waals surface area (Å²) in [5.74, 6) is 0.462. The van der Waals surface area contributed by atoms with Crippen molar-refractivity contribution in [3.63, 3.8) is 0 Å². The molecule has 5 nitrogen and oxygen atoms in total. The van der Waals surface area contributed by atoms with Gasteiger partial charge < -0.3 is 14.6 Å². The summed E-state index contributed by atoms with van der Waals surface area (Å²) >= 11 is 3.45. The summed E-state index contributed by atoms with van der Waals surface area (Å²) in [6, 6.07) is 15.2. The van der Waals surface area contributed by atoms with E-state index in [4.69, 9.17) is 9.47 Å². The lowest BCUT2D eigenvalue weighted by molar-refractivity contribution is -0.0459. The molecule has 28 heavy (non-hydrogen) atoms. The van der Waals surface area contributed by atoms with Crippen LogP contribution in [0.2, 0.25) is 0 Å². The van der Waals surface area contributed by atoms with Crippen LogP contribution < -0.4 is 4.74 Å². The smallest absolute Gasteiger partial charge is 0.163 e. The quantitative estimate of drug-likeness (QED) is 0.622. The van der Waals surface area contributed by atoms with Crippen molar-refractivity contribution in [2.24, 2.45) is 0 Å². The number of β-amino-alcohol motifs (C(OH)–C–C–N with tert-alkyl or cyclic N) is 1. The van der Waals surface area contributed by atoms with Gasteiger partial charge in [-0.1, -0.05) is 40.2 Å². The number of rotatable bonds is 7. The molecule has 7 heteroatoms. The Kier molecular flexibility index (Phi) is 8.92. The number of nitrogens with zero attached hydrogens (tertiary/aromatic N) is 1. The number of ether oxygens (including phenoxy) is 2. The van der Waals surface area contributed by atoms with Crippen LogP contribution in [0.3, 0.4) is 0 Å². The van der Waals surface area contributed by atoms with Gasteiger partial charge in [-0.25, -0.2) is 0 Å². The van der Waals surface area contributed by atoms with Gasteiger partial charge in [0.25, 0.3) is 0 Å². The fraction of sp³-hybridized carbons (Fsp3) is 0.381. The van der Waals surface area contributed by atoms with E-state index in [-0.39, 0.29) is 30.9 Å². The molecule has 0 aliphatic carbocycles. The van der Waals surface area contributed by atoms with Crippen LogP contribution in [-0.2, 0) is 4.74 Å². The van der Waals surface area contributed by atoms with Crippen molar-refractivity contribution in [1.82, 2.24) is 4.90 Å². The molecule has 2 aromatic rings. The molecule has 0 saturated carbocycles. The van der Waals surface area contributed by atoms with Gasteiger partial charge in [-0.15, -0.1) is 12.4 Å². The molecule has 0 bridgehead atoms. The van der Waals surface area contributed by atoms with Gasteiger partial charge in [0.2, 0.25) is 0 Å². The van der Waals surface area contributed by atoms with E-state index in [2.05, 4.69) is 33.0 Å². The highest BCUT2D eigenvalue weighted by Crippen LogP contribution is 2.24. The molecular weight excluding hydrogens is 446 g/mol. The van der Waals surface area contributed by atoms with Crippen molar-refractivity contribution in [3.05, 3.63) is 64.1 Å². The summed E-state index contributed by atoms with van der Waals surface area (Å²) in [6.07, 6.45) is -0.646. The maximum Gasteiger partial charge on any atom is 0.163 e. The number of halogens is 2. The summed E-state index contributed by atoms with van der Waals surface area (Å²) in [6.45, 7) is 4.27. The second-order valence-corrected chi connectivity index (χ2v) is 7.60. The maximum absolute atomic E-state index is 11.7. The first-order valence-corrected chi connectivity index (χ1v) is 9.82. The number of carbonyl (C=O) groups excluding carboxylic acids is 1. The minimum Gasteiger partial charge on any atom is -0.490 e. The Labute approximate surface area is 180 Å². The third-order valence-electron chi connectivity index (χ3n) is 4.56. The van der Waals surface area contributed by atoms with E-state index >= 15 is 0 Å². The number of hydrogen-bond acceptors (Lipinski definition) is 5. The predicted molar refractivity (Wildman–Crippen MR) is 114 cm³/mol. The molecule has 3 rings (SSSR count). The van der Waals surface area contributed by atoms with Crippen LogP contribution in [0.5, 0.6) is 5.75 Å². The summed E-state index contributed by atoms with van der Waals surface area (Å²) in [4.78, 5) is 13.8. The standard InChI is InChI=1S/C21H24BrNO4.ClH/c1-15(24)19-4-2-3-5-20(19)27-14-18(25)12-23-10-11-26-21(13-23)16-6-8-17(22)9-7-16;/h2-9,18,21,25H,10-14H2,1H3;1H. The molecule has 152 valence electrons. The second kappa shape index (κ2) is 10.9. The van der Waals surface area contributed by atoms with E-state index < -0.39 is 6.10 Å². The third kappa shape index (κ3) is 6.29. The Morgan fingerprint density at radius 3 is 2.71 bits per heavy atom. The van der Waals surface area contributed by atoms with Gasteiger partial charge in [0.05, 0.1) is 18.3 Å².